The van der Waals surface area contributed by atoms with Crippen LogP contribution in [0.2, 0.25) is 0 Å². The highest BCUT2D eigenvalue weighted by atomic mass is 19.4. The number of esters is 2. The van der Waals surface area contributed by atoms with Crippen LogP contribution in [0.4, 0.5) is 17.6 Å². The Morgan fingerprint density at radius 3 is 2.15 bits per heavy atom. The van der Waals surface area contributed by atoms with Gasteiger partial charge in [-0.25, -0.2) is 14.2 Å². The second-order valence-electron chi connectivity index (χ2n) is 10.7. The molecular weight excluding hydrogens is 624 g/mol. The minimum absolute atomic E-state index is 0.0620. The number of carbonyl (C=O) groups is 3. The fourth-order valence-corrected chi connectivity index (χ4v) is 4.98. The van der Waals surface area contributed by atoms with Crippen LogP contribution in [0.1, 0.15) is 41.0 Å². The first-order valence-electron chi connectivity index (χ1n) is 14.5. The number of aromatic nitrogens is 1. The van der Waals surface area contributed by atoms with Gasteiger partial charge in [0.1, 0.15) is 11.9 Å². The molecule has 0 bridgehead atoms. The van der Waals surface area contributed by atoms with Crippen molar-refractivity contribution in [3.63, 3.8) is 0 Å². The van der Waals surface area contributed by atoms with Crippen LogP contribution < -0.4 is 14.8 Å². The van der Waals surface area contributed by atoms with E-state index in [4.69, 9.17) is 18.9 Å². The van der Waals surface area contributed by atoms with Crippen molar-refractivity contribution in [1.82, 2.24) is 10.3 Å². The van der Waals surface area contributed by atoms with Crippen LogP contribution in [0.3, 0.4) is 0 Å². The van der Waals surface area contributed by atoms with E-state index in [1.165, 1.54) is 50.7 Å². The molecule has 2 aromatic carbocycles. The number of hydrogen-bond donors (Lipinski definition) is 1. The molecule has 1 amide bonds. The third kappa shape index (κ3) is 10.4. The molecule has 3 rings (SSSR count). The topological polar surface area (TPSA) is 113 Å². The molecule has 0 saturated carbocycles. The standard InChI is InChI=1S/C34H36F4N2O7/c1-6-24(17-22-7-11-25(12-8-22)34(36,37)38)27(18-23-9-13-26(35)14-10-23)20(2)46-33(43)28(19-44-4)40-32(42)30-31(47-21(3)41)29(45-5)15-16-39-30/h6-16,20,24,27-28H,1,17-19H2,2-5H3,(H,40,42)/t20-,24+,27-,28-/m0/s1. The normalized spacial score (nSPS) is 13.9. The van der Waals surface area contributed by atoms with Gasteiger partial charge in [-0.3, -0.25) is 9.59 Å². The van der Waals surface area contributed by atoms with Gasteiger partial charge in [-0.1, -0.05) is 30.3 Å². The zero-order valence-electron chi connectivity index (χ0n) is 26.3. The van der Waals surface area contributed by atoms with E-state index in [0.717, 1.165) is 24.6 Å². The molecule has 0 aliphatic carbocycles. The molecule has 0 saturated heterocycles. The summed E-state index contributed by atoms with van der Waals surface area (Å²) in [7, 11) is 2.63. The number of nitrogens with one attached hydrogen (secondary N) is 1. The van der Waals surface area contributed by atoms with E-state index in [1.807, 2.05) is 0 Å². The van der Waals surface area contributed by atoms with E-state index < -0.39 is 59.4 Å². The fraction of sp³-hybridized carbons (Fsp3) is 0.353. The Balaban J connectivity index is 1.86. The summed E-state index contributed by atoms with van der Waals surface area (Å²) in [6, 6.07) is 10.6. The Bertz CT molecular complexity index is 1530. The molecule has 0 unspecified atom stereocenters. The SMILES string of the molecule is C=C[C@H](Cc1ccc(C(F)(F)F)cc1)[C@@H](Cc1ccc(F)cc1)[C@H](C)OC(=O)[C@H](COC)NC(=O)c1nccc(OC)c1OC(C)=O. The molecule has 252 valence electrons. The van der Waals surface area contributed by atoms with E-state index in [0.29, 0.717) is 12.0 Å². The number of hydrogen-bond acceptors (Lipinski definition) is 8. The van der Waals surface area contributed by atoms with Crippen molar-refractivity contribution in [2.24, 2.45) is 11.8 Å². The molecular formula is C34H36F4N2O7. The van der Waals surface area contributed by atoms with E-state index in [2.05, 4.69) is 16.9 Å². The van der Waals surface area contributed by atoms with E-state index in [-0.39, 0.29) is 30.2 Å². The van der Waals surface area contributed by atoms with Crippen molar-refractivity contribution in [2.45, 2.75) is 45.0 Å². The maximum absolute atomic E-state index is 13.7. The van der Waals surface area contributed by atoms with Gasteiger partial charge in [0.05, 0.1) is 19.3 Å². The lowest BCUT2D eigenvalue weighted by Crippen LogP contribution is -2.47. The first kappa shape index (κ1) is 36.7. The number of benzene rings is 2. The summed E-state index contributed by atoms with van der Waals surface area (Å²) >= 11 is 0. The highest BCUT2D eigenvalue weighted by Gasteiger charge is 2.33. The first-order valence-corrected chi connectivity index (χ1v) is 14.5. The lowest BCUT2D eigenvalue weighted by Gasteiger charge is -2.31. The maximum Gasteiger partial charge on any atom is 0.416 e. The fourth-order valence-electron chi connectivity index (χ4n) is 4.98. The third-order valence-electron chi connectivity index (χ3n) is 7.37. The molecule has 3 aromatic rings. The minimum Gasteiger partial charge on any atom is -0.493 e. The zero-order valence-corrected chi connectivity index (χ0v) is 26.3. The van der Waals surface area contributed by atoms with Crippen molar-refractivity contribution in [3.05, 3.63) is 102 Å². The molecule has 1 aromatic heterocycles. The summed E-state index contributed by atoms with van der Waals surface area (Å²) in [6.45, 7) is 6.41. The average Bonchev–Trinajstić information content (AvgIpc) is 3.02. The molecule has 0 aliphatic rings. The van der Waals surface area contributed by atoms with Crippen LogP contribution in [0, 0.1) is 17.7 Å². The number of nitrogens with zero attached hydrogens (tertiary/aromatic N) is 1. The van der Waals surface area contributed by atoms with Crippen LogP contribution in [0.15, 0.2) is 73.4 Å². The summed E-state index contributed by atoms with van der Waals surface area (Å²) in [6.07, 6.45) is -1.84. The predicted octanol–water partition coefficient (Wildman–Crippen LogP) is 5.75. The monoisotopic (exact) mass is 660 g/mol. The van der Waals surface area contributed by atoms with Crippen molar-refractivity contribution >= 4 is 17.8 Å². The van der Waals surface area contributed by atoms with Gasteiger partial charge in [0.15, 0.2) is 17.5 Å². The summed E-state index contributed by atoms with van der Waals surface area (Å²) in [5, 5.41) is 2.50. The minimum atomic E-state index is -4.48. The molecule has 0 spiro atoms. The largest absolute Gasteiger partial charge is 0.493 e. The van der Waals surface area contributed by atoms with Crippen LogP contribution in [0.25, 0.3) is 0 Å². The predicted molar refractivity (Wildman–Crippen MR) is 163 cm³/mol. The Morgan fingerprint density at radius 1 is 0.979 bits per heavy atom. The van der Waals surface area contributed by atoms with Crippen LogP contribution in [-0.4, -0.2) is 55.8 Å². The quantitative estimate of drug-likeness (QED) is 0.125. The van der Waals surface area contributed by atoms with Crippen molar-refractivity contribution in [3.8, 4) is 11.5 Å². The van der Waals surface area contributed by atoms with Gasteiger partial charge < -0.3 is 24.3 Å². The lowest BCUT2D eigenvalue weighted by molar-refractivity contribution is -0.155. The summed E-state index contributed by atoms with van der Waals surface area (Å²) in [4.78, 5) is 42.4. The van der Waals surface area contributed by atoms with Crippen molar-refractivity contribution in [1.29, 1.82) is 0 Å². The van der Waals surface area contributed by atoms with Gasteiger partial charge in [0.25, 0.3) is 5.91 Å². The van der Waals surface area contributed by atoms with Gasteiger partial charge >= 0.3 is 18.1 Å². The van der Waals surface area contributed by atoms with Crippen molar-refractivity contribution < 1.29 is 50.9 Å². The van der Waals surface area contributed by atoms with Gasteiger partial charge in [0, 0.05) is 32.2 Å². The molecule has 13 heteroatoms. The number of rotatable bonds is 15. The van der Waals surface area contributed by atoms with Crippen LogP contribution in [0.5, 0.6) is 11.5 Å². The van der Waals surface area contributed by atoms with Crippen LogP contribution >= 0.6 is 0 Å². The highest BCUT2D eigenvalue weighted by molar-refractivity contribution is 5.98. The zero-order chi connectivity index (χ0) is 34.7. The lowest BCUT2D eigenvalue weighted by atomic mass is 9.79. The maximum atomic E-state index is 13.7. The summed E-state index contributed by atoms with van der Waals surface area (Å²) in [5.74, 6) is -3.95. The molecule has 1 N–H and O–H groups in total. The summed E-state index contributed by atoms with van der Waals surface area (Å²) in [5.41, 5.74) is 0.225. The second-order valence-corrected chi connectivity index (χ2v) is 10.7. The Labute approximate surface area is 269 Å². The molecule has 1 heterocycles. The molecule has 9 nitrogen and oxygen atoms in total. The van der Waals surface area contributed by atoms with E-state index in [1.54, 1.807) is 25.1 Å². The van der Waals surface area contributed by atoms with Gasteiger partial charge in [0.2, 0.25) is 5.75 Å². The molecule has 0 aliphatic heterocycles. The number of ether oxygens (including phenoxy) is 4. The van der Waals surface area contributed by atoms with Crippen molar-refractivity contribution in [2.75, 3.05) is 20.8 Å². The van der Waals surface area contributed by atoms with E-state index >= 15 is 0 Å². The second kappa shape index (κ2) is 16.7. The van der Waals surface area contributed by atoms with Gasteiger partial charge in [-0.2, -0.15) is 13.2 Å². The highest BCUT2D eigenvalue weighted by Crippen LogP contribution is 2.32. The number of methoxy groups -OCH3 is 2. The molecule has 0 radical (unpaired) electrons. The molecule has 4 atom stereocenters. The summed E-state index contributed by atoms with van der Waals surface area (Å²) < 4.78 is 74.3. The smallest absolute Gasteiger partial charge is 0.416 e. The number of halogens is 4. The number of carbonyl (C=O) groups excluding carboxylic acids is 3. The number of alkyl halides is 3. The van der Waals surface area contributed by atoms with Gasteiger partial charge in [-0.15, -0.1) is 6.58 Å². The van der Waals surface area contributed by atoms with E-state index in [9.17, 15) is 31.9 Å². The number of pyridine rings is 1. The molecule has 47 heavy (non-hydrogen) atoms. The Morgan fingerprint density at radius 2 is 1.60 bits per heavy atom. The van der Waals surface area contributed by atoms with Crippen LogP contribution in [-0.2, 0) is 38.1 Å². The Kier molecular flexibility index (Phi) is 13.0. The number of amides is 1. The van der Waals surface area contributed by atoms with Gasteiger partial charge in [-0.05, 0) is 61.1 Å². The third-order valence-corrected chi connectivity index (χ3v) is 7.37. The molecule has 0 fully saturated rings. The average molecular weight is 661 g/mol. The first-order chi connectivity index (χ1) is 22.3. The Hall–Kier alpha value is -4.78. The number of allylic oxidation sites excluding steroid dienone is 1.